The standard InChI is InChI=1S/C12H15NO2.ClH/c1-2-8-13-11(12(14)15)9-10-6-4-3-5-7-10;/h2-7,11,13H,1,8-9H2,(H,14,15);1H/t11-;/m0./s1. The lowest BCUT2D eigenvalue weighted by Crippen LogP contribution is -2.38. The third-order valence-electron chi connectivity index (χ3n) is 2.09. The van der Waals surface area contributed by atoms with Crippen LogP contribution < -0.4 is 5.32 Å². The lowest BCUT2D eigenvalue weighted by atomic mass is 10.1. The zero-order valence-corrected chi connectivity index (χ0v) is 9.74. The summed E-state index contributed by atoms with van der Waals surface area (Å²) in [5, 5.41) is 11.9. The predicted octanol–water partition coefficient (Wildman–Crippen LogP) is 1.88. The van der Waals surface area contributed by atoms with Crippen LogP contribution in [0.25, 0.3) is 0 Å². The minimum Gasteiger partial charge on any atom is -0.480 e. The molecule has 2 N–H and O–H groups in total. The molecule has 0 heterocycles. The molecule has 1 aromatic carbocycles. The van der Waals surface area contributed by atoms with Gasteiger partial charge in [0.15, 0.2) is 0 Å². The van der Waals surface area contributed by atoms with Gasteiger partial charge < -0.3 is 10.4 Å². The van der Waals surface area contributed by atoms with Crippen LogP contribution in [-0.4, -0.2) is 23.7 Å². The van der Waals surface area contributed by atoms with E-state index in [1.165, 1.54) is 0 Å². The Morgan fingerprint density at radius 3 is 2.56 bits per heavy atom. The van der Waals surface area contributed by atoms with Gasteiger partial charge in [-0.3, -0.25) is 4.79 Å². The van der Waals surface area contributed by atoms with E-state index < -0.39 is 12.0 Å². The molecule has 0 radical (unpaired) electrons. The molecule has 0 amide bonds. The molecule has 1 atom stereocenters. The first-order valence-electron chi connectivity index (χ1n) is 4.85. The number of carboxylic acids is 1. The first-order valence-corrected chi connectivity index (χ1v) is 4.85. The first-order chi connectivity index (χ1) is 7.24. The van der Waals surface area contributed by atoms with Gasteiger partial charge in [0, 0.05) is 6.54 Å². The number of rotatable bonds is 6. The smallest absolute Gasteiger partial charge is 0.321 e. The van der Waals surface area contributed by atoms with Crippen LogP contribution in [0.4, 0.5) is 0 Å². The van der Waals surface area contributed by atoms with Gasteiger partial charge in [0.1, 0.15) is 6.04 Å². The summed E-state index contributed by atoms with van der Waals surface area (Å²) < 4.78 is 0. The molecule has 0 saturated heterocycles. The molecular formula is C12H16ClNO2. The van der Waals surface area contributed by atoms with Crippen molar-refractivity contribution >= 4 is 18.4 Å². The van der Waals surface area contributed by atoms with Crippen LogP contribution in [-0.2, 0) is 11.2 Å². The van der Waals surface area contributed by atoms with Gasteiger partial charge >= 0.3 is 5.97 Å². The number of carbonyl (C=O) groups is 1. The monoisotopic (exact) mass is 241 g/mol. The number of carboxylic acid groups (broad SMARTS) is 1. The summed E-state index contributed by atoms with van der Waals surface area (Å²) in [6.07, 6.45) is 2.14. The van der Waals surface area contributed by atoms with Gasteiger partial charge in [-0.05, 0) is 12.0 Å². The summed E-state index contributed by atoms with van der Waals surface area (Å²) in [5.41, 5.74) is 1.02. The SMILES string of the molecule is C=CCN[C@@H](Cc1ccccc1)C(=O)O.Cl. The van der Waals surface area contributed by atoms with Crippen molar-refractivity contribution in [2.24, 2.45) is 0 Å². The van der Waals surface area contributed by atoms with Crippen LogP contribution in [0.3, 0.4) is 0 Å². The fourth-order valence-corrected chi connectivity index (χ4v) is 1.32. The average Bonchev–Trinajstić information content (AvgIpc) is 2.25. The van der Waals surface area contributed by atoms with Gasteiger partial charge in [0.2, 0.25) is 0 Å². The van der Waals surface area contributed by atoms with Crippen molar-refractivity contribution in [1.82, 2.24) is 5.32 Å². The molecule has 0 bridgehead atoms. The molecule has 0 fully saturated rings. The summed E-state index contributed by atoms with van der Waals surface area (Å²) in [7, 11) is 0. The second kappa shape index (κ2) is 7.91. The Bertz CT molecular complexity index is 327. The Balaban J connectivity index is 0.00000225. The molecule has 0 aliphatic rings. The van der Waals surface area contributed by atoms with Crippen LogP contribution in [0.2, 0.25) is 0 Å². The molecule has 0 spiro atoms. The van der Waals surface area contributed by atoms with E-state index in [9.17, 15) is 4.79 Å². The molecule has 1 rings (SSSR count). The van der Waals surface area contributed by atoms with Gasteiger partial charge in [-0.25, -0.2) is 0 Å². The lowest BCUT2D eigenvalue weighted by Gasteiger charge is -2.12. The average molecular weight is 242 g/mol. The van der Waals surface area contributed by atoms with E-state index in [1.807, 2.05) is 30.3 Å². The highest BCUT2D eigenvalue weighted by Gasteiger charge is 2.15. The van der Waals surface area contributed by atoms with Crippen molar-refractivity contribution in [3.05, 3.63) is 48.6 Å². The second-order valence-electron chi connectivity index (χ2n) is 3.28. The molecule has 0 saturated carbocycles. The molecule has 3 nitrogen and oxygen atoms in total. The Morgan fingerprint density at radius 1 is 1.44 bits per heavy atom. The molecule has 0 aliphatic carbocycles. The van der Waals surface area contributed by atoms with E-state index in [4.69, 9.17) is 5.11 Å². The van der Waals surface area contributed by atoms with Crippen molar-refractivity contribution in [2.45, 2.75) is 12.5 Å². The van der Waals surface area contributed by atoms with Crippen LogP contribution >= 0.6 is 12.4 Å². The zero-order valence-electron chi connectivity index (χ0n) is 8.93. The summed E-state index contributed by atoms with van der Waals surface area (Å²) in [5.74, 6) is -0.833. The molecule has 4 heteroatoms. The Labute approximate surface area is 102 Å². The number of nitrogens with one attached hydrogen (secondary N) is 1. The van der Waals surface area contributed by atoms with Gasteiger partial charge in [-0.15, -0.1) is 19.0 Å². The Morgan fingerprint density at radius 2 is 2.06 bits per heavy atom. The van der Waals surface area contributed by atoms with Crippen LogP contribution in [0.15, 0.2) is 43.0 Å². The number of aliphatic carboxylic acids is 1. The van der Waals surface area contributed by atoms with Crippen LogP contribution in [0.5, 0.6) is 0 Å². The van der Waals surface area contributed by atoms with Crippen LogP contribution in [0.1, 0.15) is 5.56 Å². The summed E-state index contributed by atoms with van der Waals surface area (Å²) in [6.45, 7) is 4.05. The molecule has 0 aromatic heterocycles. The minimum absolute atomic E-state index is 0. The number of hydrogen-bond acceptors (Lipinski definition) is 2. The fourth-order valence-electron chi connectivity index (χ4n) is 1.32. The minimum atomic E-state index is -0.833. The van der Waals surface area contributed by atoms with Gasteiger partial charge in [0.05, 0.1) is 0 Å². The maximum atomic E-state index is 10.9. The van der Waals surface area contributed by atoms with E-state index in [0.29, 0.717) is 13.0 Å². The first kappa shape index (κ1) is 14.7. The maximum absolute atomic E-state index is 10.9. The summed E-state index contributed by atoms with van der Waals surface area (Å²) >= 11 is 0. The Kier molecular flexibility index (Phi) is 7.25. The highest BCUT2D eigenvalue weighted by Crippen LogP contribution is 2.03. The zero-order chi connectivity index (χ0) is 11.1. The van der Waals surface area contributed by atoms with Crippen molar-refractivity contribution in [1.29, 1.82) is 0 Å². The van der Waals surface area contributed by atoms with Crippen molar-refractivity contribution in [3.8, 4) is 0 Å². The van der Waals surface area contributed by atoms with E-state index in [0.717, 1.165) is 5.56 Å². The van der Waals surface area contributed by atoms with Crippen molar-refractivity contribution < 1.29 is 9.90 Å². The largest absolute Gasteiger partial charge is 0.480 e. The molecule has 0 aliphatic heterocycles. The Hall–Kier alpha value is -1.32. The highest BCUT2D eigenvalue weighted by molar-refractivity contribution is 5.85. The van der Waals surface area contributed by atoms with E-state index in [-0.39, 0.29) is 12.4 Å². The van der Waals surface area contributed by atoms with Gasteiger partial charge in [-0.1, -0.05) is 36.4 Å². The van der Waals surface area contributed by atoms with E-state index in [1.54, 1.807) is 6.08 Å². The number of benzene rings is 1. The van der Waals surface area contributed by atoms with Gasteiger partial charge in [-0.2, -0.15) is 0 Å². The number of halogens is 1. The predicted molar refractivity (Wildman–Crippen MR) is 67.0 cm³/mol. The fraction of sp³-hybridized carbons (Fsp3) is 0.250. The van der Waals surface area contributed by atoms with Crippen molar-refractivity contribution in [2.75, 3.05) is 6.54 Å². The quantitative estimate of drug-likeness (QED) is 0.748. The molecule has 16 heavy (non-hydrogen) atoms. The topological polar surface area (TPSA) is 49.3 Å². The lowest BCUT2D eigenvalue weighted by molar-refractivity contribution is -0.139. The van der Waals surface area contributed by atoms with Gasteiger partial charge in [0.25, 0.3) is 0 Å². The van der Waals surface area contributed by atoms with E-state index >= 15 is 0 Å². The maximum Gasteiger partial charge on any atom is 0.321 e. The number of hydrogen-bond donors (Lipinski definition) is 2. The highest BCUT2D eigenvalue weighted by atomic mass is 35.5. The summed E-state index contributed by atoms with van der Waals surface area (Å²) in [4.78, 5) is 10.9. The third-order valence-corrected chi connectivity index (χ3v) is 2.09. The van der Waals surface area contributed by atoms with E-state index in [2.05, 4.69) is 11.9 Å². The molecule has 1 aromatic rings. The third kappa shape index (κ3) is 4.96. The molecule has 88 valence electrons. The van der Waals surface area contributed by atoms with Crippen molar-refractivity contribution in [3.63, 3.8) is 0 Å². The van der Waals surface area contributed by atoms with Crippen LogP contribution in [0, 0.1) is 0 Å². The molecule has 0 unspecified atom stereocenters. The second-order valence-corrected chi connectivity index (χ2v) is 3.28. The summed E-state index contributed by atoms with van der Waals surface area (Å²) in [6, 6.07) is 9.02. The normalized spacial score (nSPS) is 11.2. The molecular weight excluding hydrogens is 226 g/mol.